The van der Waals surface area contributed by atoms with Crippen molar-refractivity contribution < 1.29 is 14.3 Å². The van der Waals surface area contributed by atoms with Gasteiger partial charge in [-0.1, -0.05) is 60.7 Å². The van der Waals surface area contributed by atoms with E-state index in [1.807, 2.05) is 41.1 Å². The second kappa shape index (κ2) is 10.6. The van der Waals surface area contributed by atoms with Gasteiger partial charge in [0.1, 0.15) is 12.4 Å². The normalized spacial score (nSPS) is 13.2. The summed E-state index contributed by atoms with van der Waals surface area (Å²) >= 11 is 0. The molecule has 2 amide bonds. The fourth-order valence-electron chi connectivity index (χ4n) is 4.52. The lowest BCUT2D eigenvalue weighted by Gasteiger charge is -2.45. The Balaban J connectivity index is 1.99. The minimum atomic E-state index is -0.253. The van der Waals surface area contributed by atoms with Crippen molar-refractivity contribution in [2.45, 2.75) is 19.5 Å². The summed E-state index contributed by atoms with van der Waals surface area (Å²) in [4.78, 5) is 41.2. The predicted octanol–water partition coefficient (Wildman–Crippen LogP) is 2.53. The van der Waals surface area contributed by atoms with Crippen molar-refractivity contribution in [3.05, 3.63) is 105 Å². The molecule has 0 aliphatic carbocycles. The van der Waals surface area contributed by atoms with Crippen LogP contribution in [0.5, 0.6) is 0 Å². The van der Waals surface area contributed by atoms with Gasteiger partial charge in [-0.15, -0.1) is 0 Å². The summed E-state index contributed by atoms with van der Waals surface area (Å²) in [5, 5.41) is 2.09. The summed E-state index contributed by atoms with van der Waals surface area (Å²) in [7, 11) is 3.25. The second-order valence-corrected chi connectivity index (χ2v) is 8.67. The number of pyridine rings is 1. The number of hydrogen-bond acceptors (Lipinski definition) is 5. The van der Waals surface area contributed by atoms with E-state index in [0.717, 1.165) is 11.1 Å². The van der Waals surface area contributed by atoms with E-state index in [0.29, 0.717) is 36.5 Å². The number of amides is 2. The quantitative estimate of drug-likeness (QED) is 0.446. The van der Waals surface area contributed by atoms with Crippen molar-refractivity contribution >= 4 is 12.3 Å². The van der Waals surface area contributed by atoms with Crippen LogP contribution in [0.1, 0.15) is 38.9 Å². The minimum absolute atomic E-state index is 0.185. The highest BCUT2D eigenvalue weighted by molar-refractivity contribution is 5.95. The number of aromatic nitrogens is 1. The Morgan fingerprint density at radius 3 is 2.17 bits per heavy atom. The maximum atomic E-state index is 13.6. The molecule has 1 aromatic heterocycles. The largest absolute Gasteiger partial charge is 0.383 e. The fourth-order valence-corrected chi connectivity index (χ4v) is 4.52. The van der Waals surface area contributed by atoms with E-state index < -0.39 is 0 Å². The summed E-state index contributed by atoms with van der Waals surface area (Å²) in [5.74, 6) is -0.233. The number of nitrogens with zero attached hydrogens (tertiary/aromatic N) is 4. The van der Waals surface area contributed by atoms with E-state index in [2.05, 4.69) is 29.3 Å². The van der Waals surface area contributed by atoms with Gasteiger partial charge in [0.15, 0.2) is 5.43 Å². The second-order valence-electron chi connectivity index (χ2n) is 8.67. The maximum absolute atomic E-state index is 13.6. The Morgan fingerprint density at radius 2 is 1.63 bits per heavy atom. The Hall–Kier alpha value is -3.91. The maximum Gasteiger partial charge on any atom is 0.274 e. The first-order valence-corrected chi connectivity index (χ1v) is 11.5. The van der Waals surface area contributed by atoms with E-state index in [-0.39, 0.29) is 30.6 Å². The first kappa shape index (κ1) is 24.2. The topological polar surface area (TPSA) is 75.1 Å². The van der Waals surface area contributed by atoms with E-state index in [1.165, 1.54) is 11.0 Å². The number of carbonyl (C=O) groups excluding carboxylic acids is 2. The molecule has 0 radical (unpaired) electrons. The number of hydrogen-bond donors (Lipinski definition) is 0. The van der Waals surface area contributed by atoms with E-state index in [4.69, 9.17) is 4.74 Å². The zero-order valence-corrected chi connectivity index (χ0v) is 20.3. The van der Waals surface area contributed by atoms with Crippen molar-refractivity contribution in [3.63, 3.8) is 0 Å². The number of ether oxygens (including phenoxy) is 1. The molecule has 0 unspecified atom stereocenters. The van der Waals surface area contributed by atoms with E-state index >= 15 is 0 Å². The van der Waals surface area contributed by atoms with Crippen LogP contribution in [0, 0.1) is 6.92 Å². The van der Waals surface area contributed by atoms with Crippen molar-refractivity contribution in [1.29, 1.82) is 0 Å². The number of rotatable bonds is 9. The third-order valence-electron chi connectivity index (χ3n) is 6.25. The number of carbonyl (C=O) groups is 2. The molecule has 0 N–H and O–H groups in total. The molecule has 3 aromatic rings. The number of methoxy groups -OCH3 is 1. The zero-order chi connectivity index (χ0) is 24.9. The van der Waals surface area contributed by atoms with Crippen molar-refractivity contribution in [3.8, 4) is 0 Å². The molecule has 1 aliphatic rings. The van der Waals surface area contributed by atoms with Gasteiger partial charge >= 0.3 is 0 Å². The zero-order valence-electron chi connectivity index (χ0n) is 20.3. The van der Waals surface area contributed by atoms with Crippen LogP contribution in [0.3, 0.4) is 0 Å². The van der Waals surface area contributed by atoms with Gasteiger partial charge in [-0.05, 0) is 18.1 Å². The molecule has 0 atom stereocenters. The Morgan fingerprint density at radius 1 is 1.03 bits per heavy atom. The fraction of sp³-hybridized carbons (Fsp3) is 0.296. The SMILES string of the molecule is COCCN1CN(C(c2ccccc2)c2ccccc2)n2c(CN(C)C=O)cc(=O)c(C)c2C1=O. The standard InChI is InChI=1S/C27H30N4O4/c1-20-24(33)16-23(17-28(2)19-32)31-25(20)27(34)29(14-15-35-3)18-30(31)26(21-10-6-4-7-11-21)22-12-8-5-9-13-22/h4-13,16,19,26H,14-15,17-18H2,1-3H3. The van der Waals surface area contributed by atoms with E-state index in [9.17, 15) is 14.4 Å². The highest BCUT2D eigenvalue weighted by atomic mass is 16.5. The van der Waals surface area contributed by atoms with Gasteiger partial charge in [-0.25, -0.2) is 0 Å². The van der Waals surface area contributed by atoms with E-state index in [1.54, 1.807) is 26.0 Å². The Labute approximate surface area is 204 Å². The molecule has 0 spiro atoms. The third-order valence-corrected chi connectivity index (χ3v) is 6.25. The van der Waals surface area contributed by atoms with Gasteiger partial charge in [0, 0.05) is 32.3 Å². The number of benzene rings is 2. The van der Waals surface area contributed by atoms with Gasteiger partial charge in [-0.3, -0.25) is 24.1 Å². The van der Waals surface area contributed by atoms with Gasteiger partial charge in [0.25, 0.3) is 5.91 Å². The monoisotopic (exact) mass is 474 g/mol. The average Bonchev–Trinajstić information content (AvgIpc) is 2.88. The molecule has 0 saturated heterocycles. The lowest BCUT2D eigenvalue weighted by Crippen LogP contribution is -2.57. The number of fused-ring (bicyclic) bond motifs is 1. The van der Waals surface area contributed by atoms with Gasteiger partial charge in [0.2, 0.25) is 6.41 Å². The van der Waals surface area contributed by atoms with Crippen molar-refractivity contribution in [2.24, 2.45) is 0 Å². The highest BCUT2D eigenvalue weighted by Gasteiger charge is 2.37. The molecular formula is C27H30N4O4. The third kappa shape index (κ3) is 4.83. The van der Waals surface area contributed by atoms with Crippen LogP contribution in [-0.2, 0) is 16.1 Å². The summed E-state index contributed by atoms with van der Waals surface area (Å²) in [5.41, 5.74) is 3.10. The molecule has 182 valence electrons. The van der Waals surface area contributed by atoms with Crippen LogP contribution in [0.25, 0.3) is 0 Å². The Bertz CT molecular complexity index is 1200. The highest BCUT2D eigenvalue weighted by Crippen LogP contribution is 2.32. The van der Waals surface area contributed by atoms with Crippen LogP contribution in [0.4, 0.5) is 0 Å². The lowest BCUT2D eigenvalue weighted by atomic mass is 9.97. The first-order valence-electron chi connectivity index (χ1n) is 11.5. The molecule has 1 aliphatic heterocycles. The summed E-state index contributed by atoms with van der Waals surface area (Å²) in [6.07, 6.45) is 0.711. The summed E-state index contributed by atoms with van der Waals surface area (Å²) in [6, 6.07) is 21.4. The molecule has 0 saturated carbocycles. The smallest absolute Gasteiger partial charge is 0.274 e. The molecular weight excluding hydrogens is 444 g/mol. The van der Waals surface area contributed by atoms with Gasteiger partial charge in [0.05, 0.1) is 24.9 Å². The summed E-state index contributed by atoms with van der Waals surface area (Å²) < 4.78 is 7.10. The predicted molar refractivity (Wildman–Crippen MR) is 134 cm³/mol. The molecule has 2 aromatic carbocycles. The molecule has 0 bridgehead atoms. The van der Waals surface area contributed by atoms with Crippen LogP contribution in [0.2, 0.25) is 0 Å². The molecule has 8 nitrogen and oxygen atoms in total. The van der Waals surface area contributed by atoms with Crippen LogP contribution in [-0.4, -0.2) is 60.8 Å². The molecule has 2 heterocycles. The molecule has 4 rings (SSSR count). The first-order chi connectivity index (χ1) is 17.0. The minimum Gasteiger partial charge on any atom is -0.383 e. The Kier molecular flexibility index (Phi) is 7.31. The van der Waals surface area contributed by atoms with Crippen LogP contribution in [0.15, 0.2) is 71.5 Å². The summed E-state index contributed by atoms with van der Waals surface area (Å²) in [6.45, 7) is 2.90. The van der Waals surface area contributed by atoms with Gasteiger partial charge in [-0.2, -0.15) is 0 Å². The van der Waals surface area contributed by atoms with Crippen LogP contribution >= 0.6 is 0 Å². The van der Waals surface area contributed by atoms with Gasteiger partial charge < -0.3 is 14.5 Å². The van der Waals surface area contributed by atoms with Crippen LogP contribution < -0.4 is 10.4 Å². The molecule has 35 heavy (non-hydrogen) atoms. The average molecular weight is 475 g/mol. The lowest BCUT2D eigenvalue weighted by molar-refractivity contribution is -0.117. The van der Waals surface area contributed by atoms with Crippen molar-refractivity contribution in [1.82, 2.24) is 14.5 Å². The molecule has 8 heteroatoms. The van der Waals surface area contributed by atoms with Crippen molar-refractivity contribution in [2.75, 3.05) is 39.0 Å². The molecule has 0 fully saturated rings.